The first-order valence-electron chi connectivity index (χ1n) is 6.82. The van der Waals surface area contributed by atoms with Crippen molar-refractivity contribution in [1.82, 2.24) is 5.32 Å². The van der Waals surface area contributed by atoms with Gasteiger partial charge >= 0.3 is 0 Å². The number of amides is 2. The fraction of sp³-hybridized carbons (Fsp3) is 0. The molecule has 1 heterocycles. The number of anilines is 1. The quantitative estimate of drug-likeness (QED) is 0.505. The summed E-state index contributed by atoms with van der Waals surface area (Å²) < 4.78 is 0. The molecule has 6 heteroatoms. The van der Waals surface area contributed by atoms with E-state index in [1.807, 2.05) is 6.07 Å². The van der Waals surface area contributed by atoms with Gasteiger partial charge in [-0.2, -0.15) is 0 Å². The molecule has 0 aromatic heterocycles. The van der Waals surface area contributed by atoms with E-state index < -0.39 is 11.8 Å². The highest BCUT2D eigenvalue weighted by Crippen LogP contribution is 2.22. The van der Waals surface area contributed by atoms with Gasteiger partial charge in [0.2, 0.25) is 0 Å². The number of para-hydroxylation sites is 1. The van der Waals surface area contributed by atoms with Gasteiger partial charge < -0.3 is 5.11 Å². The number of hydrogen-bond acceptors (Lipinski definition) is 4. The fourth-order valence-corrected chi connectivity index (χ4v) is 2.49. The Hall–Kier alpha value is -2.99. The molecule has 2 aromatic carbocycles. The van der Waals surface area contributed by atoms with E-state index in [4.69, 9.17) is 12.2 Å². The molecule has 0 unspecified atom stereocenters. The second kappa shape index (κ2) is 6.02. The predicted molar refractivity (Wildman–Crippen MR) is 90.8 cm³/mol. The summed E-state index contributed by atoms with van der Waals surface area (Å²) in [7, 11) is 0. The standard InChI is InChI=1S/C17H12N2O3S/c20-13-8-6-11(7-9-13)10-14-15(21)18-17(23)19(16(14)22)12-4-2-1-3-5-12/h1-10,20H,(H,18,21,23). The van der Waals surface area contributed by atoms with Crippen LogP contribution in [0.15, 0.2) is 60.2 Å². The van der Waals surface area contributed by atoms with Crippen molar-refractivity contribution < 1.29 is 14.7 Å². The minimum Gasteiger partial charge on any atom is -0.508 e. The molecule has 0 aliphatic carbocycles. The lowest BCUT2D eigenvalue weighted by Crippen LogP contribution is -2.54. The van der Waals surface area contributed by atoms with Crippen LogP contribution in [0.1, 0.15) is 5.56 Å². The van der Waals surface area contributed by atoms with Crippen molar-refractivity contribution in [3.63, 3.8) is 0 Å². The van der Waals surface area contributed by atoms with Crippen LogP contribution in [-0.4, -0.2) is 22.0 Å². The van der Waals surface area contributed by atoms with Crippen molar-refractivity contribution in [1.29, 1.82) is 0 Å². The monoisotopic (exact) mass is 324 g/mol. The highest BCUT2D eigenvalue weighted by atomic mass is 32.1. The Labute approximate surface area is 137 Å². The molecule has 2 aromatic rings. The Kier molecular flexibility index (Phi) is 3.91. The minimum absolute atomic E-state index is 0.0202. The van der Waals surface area contributed by atoms with Gasteiger partial charge in [0.1, 0.15) is 11.3 Å². The van der Waals surface area contributed by atoms with Crippen LogP contribution >= 0.6 is 12.2 Å². The number of benzene rings is 2. The third-order valence-corrected chi connectivity index (χ3v) is 3.60. The molecule has 5 nitrogen and oxygen atoms in total. The van der Waals surface area contributed by atoms with Gasteiger partial charge in [-0.1, -0.05) is 30.3 Å². The number of thiocarbonyl (C=S) groups is 1. The molecule has 3 rings (SSSR count). The molecule has 1 saturated heterocycles. The number of phenols is 1. The third-order valence-electron chi connectivity index (χ3n) is 3.32. The molecule has 1 aliphatic heterocycles. The van der Waals surface area contributed by atoms with E-state index in [0.29, 0.717) is 11.3 Å². The zero-order valence-electron chi connectivity index (χ0n) is 11.9. The van der Waals surface area contributed by atoms with Crippen LogP contribution in [-0.2, 0) is 9.59 Å². The molecule has 23 heavy (non-hydrogen) atoms. The number of nitrogens with one attached hydrogen (secondary N) is 1. The van der Waals surface area contributed by atoms with Gasteiger partial charge in [0, 0.05) is 0 Å². The van der Waals surface area contributed by atoms with Gasteiger partial charge in [0.15, 0.2) is 5.11 Å². The first-order valence-corrected chi connectivity index (χ1v) is 7.22. The maximum absolute atomic E-state index is 12.7. The molecular formula is C17H12N2O3S. The molecule has 2 N–H and O–H groups in total. The Morgan fingerprint density at radius 1 is 1.00 bits per heavy atom. The number of rotatable bonds is 2. The van der Waals surface area contributed by atoms with Crippen LogP contribution in [0.5, 0.6) is 5.75 Å². The van der Waals surface area contributed by atoms with Gasteiger partial charge in [-0.25, -0.2) is 0 Å². The molecule has 114 valence electrons. The molecule has 0 atom stereocenters. The summed E-state index contributed by atoms with van der Waals surface area (Å²) in [6.45, 7) is 0. The van der Waals surface area contributed by atoms with Crippen LogP contribution < -0.4 is 10.2 Å². The summed E-state index contributed by atoms with van der Waals surface area (Å²) in [5.41, 5.74) is 1.19. The predicted octanol–water partition coefficient (Wildman–Crippen LogP) is 2.22. The lowest BCUT2D eigenvalue weighted by Gasteiger charge is -2.28. The first kappa shape index (κ1) is 14.9. The van der Waals surface area contributed by atoms with Crippen LogP contribution in [0.2, 0.25) is 0 Å². The smallest absolute Gasteiger partial charge is 0.270 e. The number of carbonyl (C=O) groups is 2. The average Bonchev–Trinajstić information content (AvgIpc) is 2.54. The Bertz CT molecular complexity index is 813. The lowest BCUT2D eigenvalue weighted by atomic mass is 10.1. The largest absolute Gasteiger partial charge is 0.508 e. The maximum atomic E-state index is 12.7. The molecule has 0 radical (unpaired) electrons. The number of hydrogen-bond donors (Lipinski definition) is 2. The van der Waals surface area contributed by atoms with Gasteiger partial charge in [-0.3, -0.25) is 19.8 Å². The number of aromatic hydroxyl groups is 1. The molecule has 0 saturated carbocycles. The van der Waals surface area contributed by atoms with E-state index in [9.17, 15) is 14.7 Å². The van der Waals surface area contributed by atoms with Crippen LogP contribution in [0.25, 0.3) is 6.08 Å². The van der Waals surface area contributed by atoms with E-state index in [2.05, 4.69) is 5.32 Å². The van der Waals surface area contributed by atoms with Crippen molar-refractivity contribution in [3.05, 3.63) is 65.7 Å². The molecule has 2 amide bonds. The van der Waals surface area contributed by atoms with Gasteiger partial charge in [-0.05, 0) is 48.1 Å². The van der Waals surface area contributed by atoms with Crippen molar-refractivity contribution in [3.8, 4) is 5.75 Å². The average molecular weight is 324 g/mol. The Balaban J connectivity index is 2.00. The lowest BCUT2D eigenvalue weighted by molar-refractivity contribution is -0.122. The van der Waals surface area contributed by atoms with E-state index in [1.54, 1.807) is 36.4 Å². The molecule has 1 aliphatic rings. The van der Waals surface area contributed by atoms with Crippen molar-refractivity contribution >= 4 is 40.9 Å². The second-order valence-corrected chi connectivity index (χ2v) is 5.27. The van der Waals surface area contributed by atoms with E-state index in [-0.39, 0.29) is 16.4 Å². The Morgan fingerprint density at radius 2 is 1.65 bits per heavy atom. The number of carbonyl (C=O) groups excluding carboxylic acids is 2. The van der Waals surface area contributed by atoms with Crippen LogP contribution in [0.4, 0.5) is 5.69 Å². The topological polar surface area (TPSA) is 69.6 Å². The number of nitrogens with zero attached hydrogens (tertiary/aromatic N) is 1. The summed E-state index contributed by atoms with van der Waals surface area (Å²) in [4.78, 5) is 26.1. The zero-order chi connectivity index (χ0) is 16.4. The van der Waals surface area contributed by atoms with Crippen molar-refractivity contribution in [2.24, 2.45) is 0 Å². The fourth-order valence-electron chi connectivity index (χ4n) is 2.21. The summed E-state index contributed by atoms with van der Waals surface area (Å²) in [5.74, 6) is -0.919. The van der Waals surface area contributed by atoms with Gasteiger partial charge in [-0.15, -0.1) is 0 Å². The highest BCUT2D eigenvalue weighted by Gasteiger charge is 2.34. The summed E-state index contributed by atoms with van der Waals surface area (Å²) >= 11 is 5.11. The first-order chi connectivity index (χ1) is 11.1. The second-order valence-electron chi connectivity index (χ2n) is 4.88. The Morgan fingerprint density at radius 3 is 2.30 bits per heavy atom. The third kappa shape index (κ3) is 2.97. The molecule has 1 fully saturated rings. The molecule has 0 bridgehead atoms. The molecule has 0 spiro atoms. The van der Waals surface area contributed by atoms with E-state index >= 15 is 0 Å². The normalized spacial score (nSPS) is 16.6. The van der Waals surface area contributed by atoms with Crippen molar-refractivity contribution in [2.75, 3.05) is 4.90 Å². The van der Waals surface area contributed by atoms with Crippen molar-refractivity contribution in [2.45, 2.75) is 0 Å². The van der Waals surface area contributed by atoms with E-state index in [0.717, 1.165) is 0 Å². The van der Waals surface area contributed by atoms with Crippen LogP contribution in [0.3, 0.4) is 0 Å². The molecular weight excluding hydrogens is 312 g/mol. The zero-order valence-corrected chi connectivity index (χ0v) is 12.7. The SMILES string of the molecule is O=C1NC(=S)N(c2ccccc2)C(=O)C1=Cc1ccc(O)cc1. The van der Waals surface area contributed by atoms with Crippen LogP contribution in [0, 0.1) is 0 Å². The summed E-state index contributed by atoms with van der Waals surface area (Å²) in [5, 5.41) is 11.9. The number of phenolic OH excluding ortho intramolecular Hbond substituents is 1. The maximum Gasteiger partial charge on any atom is 0.270 e. The van der Waals surface area contributed by atoms with Gasteiger partial charge in [0.05, 0.1) is 5.69 Å². The van der Waals surface area contributed by atoms with E-state index in [1.165, 1.54) is 23.1 Å². The highest BCUT2D eigenvalue weighted by molar-refractivity contribution is 7.80. The minimum atomic E-state index is -0.541. The summed E-state index contributed by atoms with van der Waals surface area (Å²) in [6.07, 6.45) is 1.47. The van der Waals surface area contributed by atoms with Gasteiger partial charge in [0.25, 0.3) is 11.8 Å². The summed E-state index contributed by atoms with van der Waals surface area (Å²) in [6, 6.07) is 15.1.